The van der Waals surface area contributed by atoms with Gasteiger partial charge in [0.05, 0.1) is 11.3 Å². The number of nitrogens with one attached hydrogen (secondary N) is 2. The van der Waals surface area contributed by atoms with Crippen molar-refractivity contribution in [3.8, 4) is 0 Å². The van der Waals surface area contributed by atoms with Gasteiger partial charge < -0.3 is 10.4 Å². The van der Waals surface area contributed by atoms with Crippen molar-refractivity contribution in [2.45, 2.75) is 18.9 Å². The lowest BCUT2D eigenvalue weighted by molar-refractivity contribution is -0.117. The van der Waals surface area contributed by atoms with Gasteiger partial charge in [-0.3, -0.25) is 10.1 Å². The van der Waals surface area contributed by atoms with Crippen molar-refractivity contribution < 1.29 is 19.5 Å². The molecular formula is C12H15N3O4S. The fourth-order valence-electron chi connectivity index (χ4n) is 1.53. The highest BCUT2D eigenvalue weighted by Crippen LogP contribution is 2.24. The van der Waals surface area contributed by atoms with Gasteiger partial charge in [0.15, 0.2) is 0 Å². The minimum atomic E-state index is -1.09. The second kappa shape index (κ2) is 6.90. The van der Waals surface area contributed by atoms with E-state index in [1.54, 1.807) is 19.9 Å². The van der Waals surface area contributed by atoms with Gasteiger partial charge in [0.2, 0.25) is 5.91 Å². The molecule has 1 aromatic heterocycles. The fraction of sp³-hybridized carbons (Fsp3) is 0.333. The Morgan fingerprint density at radius 1 is 1.35 bits per heavy atom. The SMILES string of the molecule is CNC(=O)NC(=O)CSc1nc(C)cc(C)c1C(=O)O. The van der Waals surface area contributed by atoms with E-state index in [0.717, 1.165) is 11.8 Å². The van der Waals surface area contributed by atoms with Crippen molar-refractivity contribution in [2.75, 3.05) is 12.8 Å². The molecule has 8 heteroatoms. The van der Waals surface area contributed by atoms with Crippen LogP contribution >= 0.6 is 11.8 Å². The predicted octanol–water partition coefficient (Wildman–Crippen LogP) is 0.944. The normalized spacial score (nSPS) is 9.95. The van der Waals surface area contributed by atoms with Gasteiger partial charge in [-0.1, -0.05) is 11.8 Å². The van der Waals surface area contributed by atoms with Crippen molar-refractivity contribution in [1.82, 2.24) is 15.6 Å². The molecule has 1 rings (SSSR count). The van der Waals surface area contributed by atoms with Gasteiger partial charge in [-0.05, 0) is 25.5 Å². The zero-order valence-electron chi connectivity index (χ0n) is 11.3. The van der Waals surface area contributed by atoms with Crippen LogP contribution in [0.2, 0.25) is 0 Å². The lowest BCUT2D eigenvalue weighted by Gasteiger charge is -2.09. The first-order valence-electron chi connectivity index (χ1n) is 5.71. The first-order valence-corrected chi connectivity index (χ1v) is 6.69. The van der Waals surface area contributed by atoms with Gasteiger partial charge in [-0.15, -0.1) is 0 Å². The molecule has 1 aromatic rings. The Morgan fingerprint density at radius 2 is 2.00 bits per heavy atom. The number of hydrogen-bond acceptors (Lipinski definition) is 5. The van der Waals surface area contributed by atoms with Gasteiger partial charge in [-0.25, -0.2) is 14.6 Å². The van der Waals surface area contributed by atoms with Gasteiger partial charge in [0.25, 0.3) is 0 Å². The Morgan fingerprint density at radius 3 is 2.55 bits per heavy atom. The molecule has 3 N–H and O–H groups in total. The summed E-state index contributed by atoms with van der Waals surface area (Å²) in [5.41, 5.74) is 1.33. The van der Waals surface area contributed by atoms with Crippen LogP contribution in [-0.4, -0.2) is 40.8 Å². The molecule has 3 amide bonds. The molecule has 7 nitrogen and oxygen atoms in total. The predicted molar refractivity (Wildman–Crippen MR) is 74.0 cm³/mol. The lowest BCUT2D eigenvalue weighted by atomic mass is 10.1. The van der Waals surface area contributed by atoms with Crippen LogP contribution in [0.25, 0.3) is 0 Å². The van der Waals surface area contributed by atoms with Crippen LogP contribution in [0, 0.1) is 13.8 Å². The topological polar surface area (TPSA) is 108 Å². The van der Waals surface area contributed by atoms with Crippen LogP contribution < -0.4 is 10.6 Å². The summed E-state index contributed by atoms with van der Waals surface area (Å²) < 4.78 is 0. The number of imide groups is 1. The second-order valence-corrected chi connectivity index (χ2v) is 4.95. The number of carbonyl (C=O) groups excluding carboxylic acids is 2. The zero-order chi connectivity index (χ0) is 15.3. The Balaban J connectivity index is 2.85. The van der Waals surface area contributed by atoms with Gasteiger partial charge in [0, 0.05) is 12.7 Å². The minimum Gasteiger partial charge on any atom is -0.478 e. The van der Waals surface area contributed by atoms with Crippen LogP contribution in [0.5, 0.6) is 0 Å². The minimum absolute atomic E-state index is 0.0772. The number of aromatic carboxylic acids is 1. The third kappa shape index (κ3) is 4.23. The van der Waals surface area contributed by atoms with E-state index in [2.05, 4.69) is 15.6 Å². The number of nitrogens with zero attached hydrogens (tertiary/aromatic N) is 1. The highest BCUT2D eigenvalue weighted by atomic mass is 32.2. The van der Waals surface area contributed by atoms with E-state index in [1.807, 2.05) is 0 Å². The fourth-order valence-corrected chi connectivity index (χ4v) is 2.47. The van der Waals surface area contributed by atoms with Crippen LogP contribution in [0.15, 0.2) is 11.1 Å². The number of pyridine rings is 1. The van der Waals surface area contributed by atoms with E-state index < -0.39 is 17.9 Å². The molecule has 0 aliphatic rings. The Labute approximate surface area is 120 Å². The summed E-state index contributed by atoms with van der Waals surface area (Å²) in [7, 11) is 1.39. The lowest BCUT2D eigenvalue weighted by Crippen LogP contribution is -2.38. The first-order chi connectivity index (χ1) is 9.35. The molecule has 0 aliphatic carbocycles. The van der Waals surface area contributed by atoms with Crippen molar-refractivity contribution >= 4 is 29.7 Å². The molecular weight excluding hydrogens is 282 g/mol. The third-order valence-electron chi connectivity index (χ3n) is 2.35. The van der Waals surface area contributed by atoms with Crippen LogP contribution in [0.3, 0.4) is 0 Å². The number of thioether (sulfide) groups is 1. The maximum atomic E-state index is 11.5. The van der Waals surface area contributed by atoms with Crippen LogP contribution in [0.4, 0.5) is 4.79 Å². The highest BCUT2D eigenvalue weighted by molar-refractivity contribution is 8.00. The van der Waals surface area contributed by atoms with Crippen LogP contribution in [0.1, 0.15) is 21.6 Å². The molecule has 0 saturated heterocycles. The second-order valence-electron chi connectivity index (χ2n) is 3.98. The summed E-state index contributed by atoms with van der Waals surface area (Å²) in [6.07, 6.45) is 0. The average molecular weight is 297 g/mol. The van der Waals surface area contributed by atoms with Gasteiger partial charge in [-0.2, -0.15) is 0 Å². The Bertz CT molecular complexity index is 560. The van der Waals surface area contributed by atoms with E-state index in [9.17, 15) is 14.4 Å². The summed E-state index contributed by atoms with van der Waals surface area (Å²) in [4.78, 5) is 37.8. The molecule has 0 radical (unpaired) electrons. The van der Waals surface area contributed by atoms with Crippen molar-refractivity contribution in [1.29, 1.82) is 0 Å². The van der Waals surface area contributed by atoms with E-state index in [4.69, 9.17) is 5.11 Å². The number of hydrogen-bond donors (Lipinski definition) is 3. The number of carboxylic acid groups (broad SMARTS) is 1. The molecule has 0 aliphatic heterocycles. The van der Waals surface area contributed by atoms with E-state index in [1.165, 1.54) is 7.05 Å². The van der Waals surface area contributed by atoms with Gasteiger partial charge in [0.1, 0.15) is 5.03 Å². The zero-order valence-corrected chi connectivity index (χ0v) is 12.1. The number of urea groups is 1. The summed E-state index contributed by atoms with van der Waals surface area (Å²) in [5, 5.41) is 13.8. The van der Waals surface area contributed by atoms with Crippen molar-refractivity contribution in [2.24, 2.45) is 0 Å². The van der Waals surface area contributed by atoms with E-state index in [0.29, 0.717) is 11.3 Å². The maximum Gasteiger partial charge on any atom is 0.338 e. The third-order valence-corrected chi connectivity index (χ3v) is 3.32. The quantitative estimate of drug-likeness (QED) is 0.714. The maximum absolute atomic E-state index is 11.5. The summed E-state index contributed by atoms with van der Waals surface area (Å²) >= 11 is 0.980. The molecule has 108 valence electrons. The molecule has 20 heavy (non-hydrogen) atoms. The highest BCUT2D eigenvalue weighted by Gasteiger charge is 2.17. The molecule has 0 aromatic carbocycles. The number of carboxylic acids is 1. The number of carbonyl (C=O) groups is 3. The first kappa shape index (κ1) is 16.0. The summed E-state index contributed by atoms with van der Waals surface area (Å²) in [6.45, 7) is 3.42. The monoisotopic (exact) mass is 297 g/mol. The number of rotatable bonds is 4. The Kier molecular flexibility index (Phi) is 5.51. The molecule has 0 bridgehead atoms. The number of amides is 3. The van der Waals surface area contributed by atoms with Gasteiger partial charge >= 0.3 is 12.0 Å². The molecule has 0 atom stereocenters. The molecule has 1 heterocycles. The van der Waals surface area contributed by atoms with E-state index in [-0.39, 0.29) is 16.3 Å². The standard InChI is InChI=1S/C12H15N3O4S/c1-6-4-7(2)14-10(9(6)11(17)18)20-5-8(16)15-12(19)13-3/h4H,5H2,1-3H3,(H,17,18)(H2,13,15,16,19). The Hall–Kier alpha value is -2.09. The molecule has 0 unspecified atom stereocenters. The molecule has 0 spiro atoms. The van der Waals surface area contributed by atoms with Crippen molar-refractivity contribution in [3.63, 3.8) is 0 Å². The average Bonchev–Trinajstić information content (AvgIpc) is 2.34. The van der Waals surface area contributed by atoms with Crippen molar-refractivity contribution in [3.05, 3.63) is 22.9 Å². The summed E-state index contributed by atoms with van der Waals surface area (Å²) in [6, 6.07) is 1.06. The molecule has 0 saturated carbocycles. The largest absolute Gasteiger partial charge is 0.478 e. The molecule has 0 fully saturated rings. The summed E-state index contributed by atoms with van der Waals surface area (Å²) in [5.74, 6) is -1.71. The number of aromatic nitrogens is 1. The smallest absolute Gasteiger partial charge is 0.338 e. The van der Waals surface area contributed by atoms with Crippen LogP contribution in [-0.2, 0) is 4.79 Å². The van der Waals surface area contributed by atoms with E-state index >= 15 is 0 Å². The number of aryl methyl sites for hydroxylation is 2.